The number of aryl methyl sites for hydroxylation is 1. The molecule has 3 rings (SSSR count). The molecule has 0 unspecified atom stereocenters. The van der Waals surface area contributed by atoms with Crippen molar-refractivity contribution in [1.29, 1.82) is 0 Å². The molecule has 0 amide bonds. The van der Waals surface area contributed by atoms with Gasteiger partial charge in [-0.15, -0.1) is 0 Å². The number of benzene rings is 1. The Bertz CT molecular complexity index is 515. The molecule has 1 fully saturated rings. The summed E-state index contributed by atoms with van der Waals surface area (Å²) in [7, 11) is 0. The fraction of sp³-hybridized carbons (Fsp3) is 0.533. The number of carbonyl (C=O) groups is 1. The van der Waals surface area contributed by atoms with Crippen LogP contribution in [0.3, 0.4) is 0 Å². The summed E-state index contributed by atoms with van der Waals surface area (Å²) in [6.45, 7) is 2.27. The van der Waals surface area contributed by atoms with E-state index in [1.807, 2.05) is 19.1 Å². The lowest BCUT2D eigenvalue weighted by Gasteiger charge is -2.27. The maximum Gasteiger partial charge on any atom is 0.314 e. The monoisotopic (exact) mass is 262 g/mol. The van der Waals surface area contributed by atoms with Gasteiger partial charge in [-0.2, -0.15) is 0 Å². The number of aliphatic carboxylic acids is 1. The lowest BCUT2D eigenvalue weighted by atomic mass is 9.76. The first-order valence-electron chi connectivity index (χ1n) is 6.84. The Morgan fingerprint density at radius 3 is 2.47 bits per heavy atom. The van der Waals surface area contributed by atoms with E-state index < -0.39 is 11.4 Å². The second-order valence-corrected chi connectivity index (χ2v) is 5.31. The summed E-state index contributed by atoms with van der Waals surface area (Å²) < 4.78 is 10.8. The molecule has 0 aromatic heterocycles. The largest absolute Gasteiger partial charge is 0.481 e. The fourth-order valence-electron chi connectivity index (χ4n) is 3.30. The zero-order valence-corrected chi connectivity index (χ0v) is 11.1. The SMILES string of the molecule is CCc1cc2c(cc1C1(C(=O)O)CCCC1)OCO2. The zero-order valence-electron chi connectivity index (χ0n) is 11.1. The molecule has 0 radical (unpaired) electrons. The predicted octanol–water partition coefficient (Wildman–Crippen LogP) is 2.87. The van der Waals surface area contributed by atoms with E-state index >= 15 is 0 Å². The summed E-state index contributed by atoms with van der Waals surface area (Å²) in [5.41, 5.74) is 1.25. The van der Waals surface area contributed by atoms with Crippen molar-refractivity contribution in [2.75, 3.05) is 6.79 Å². The van der Waals surface area contributed by atoms with Gasteiger partial charge in [-0.25, -0.2) is 0 Å². The van der Waals surface area contributed by atoms with Crippen LogP contribution in [0.5, 0.6) is 11.5 Å². The Balaban J connectivity index is 2.15. The van der Waals surface area contributed by atoms with Crippen molar-refractivity contribution in [2.45, 2.75) is 44.4 Å². The molecule has 1 saturated carbocycles. The van der Waals surface area contributed by atoms with Gasteiger partial charge in [-0.3, -0.25) is 4.79 Å². The number of carboxylic acid groups (broad SMARTS) is 1. The van der Waals surface area contributed by atoms with E-state index in [0.717, 1.165) is 49.0 Å². The maximum atomic E-state index is 11.8. The fourth-order valence-corrected chi connectivity index (χ4v) is 3.30. The molecule has 4 heteroatoms. The molecule has 0 atom stereocenters. The topological polar surface area (TPSA) is 55.8 Å². The summed E-state index contributed by atoms with van der Waals surface area (Å²) in [4.78, 5) is 11.8. The van der Waals surface area contributed by atoms with Crippen molar-refractivity contribution in [3.8, 4) is 11.5 Å². The minimum atomic E-state index is -0.730. The number of carboxylic acids is 1. The Kier molecular flexibility index (Phi) is 2.88. The van der Waals surface area contributed by atoms with Crippen molar-refractivity contribution in [1.82, 2.24) is 0 Å². The third kappa shape index (κ3) is 1.78. The molecule has 1 N–H and O–H groups in total. The highest BCUT2D eigenvalue weighted by Gasteiger charge is 2.44. The Hall–Kier alpha value is -1.71. The summed E-state index contributed by atoms with van der Waals surface area (Å²) in [6.07, 6.45) is 4.19. The molecule has 1 aromatic rings. The minimum Gasteiger partial charge on any atom is -0.481 e. The summed E-state index contributed by atoms with van der Waals surface area (Å²) in [6, 6.07) is 3.83. The summed E-state index contributed by atoms with van der Waals surface area (Å²) in [5.74, 6) is 0.706. The Morgan fingerprint density at radius 2 is 1.89 bits per heavy atom. The Morgan fingerprint density at radius 1 is 1.26 bits per heavy atom. The van der Waals surface area contributed by atoms with E-state index in [0.29, 0.717) is 5.75 Å². The van der Waals surface area contributed by atoms with E-state index in [9.17, 15) is 9.90 Å². The normalized spacial score (nSPS) is 19.6. The molecule has 1 aliphatic carbocycles. The molecule has 102 valence electrons. The molecular formula is C15H18O4. The van der Waals surface area contributed by atoms with Crippen molar-refractivity contribution in [2.24, 2.45) is 0 Å². The molecule has 0 saturated heterocycles. The zero-order chi connectivity index (χ0) is 13.5. The smallest absolute Gasteiger partial charge is 0.314 e. The first kappa shape index (κ1) is 12.3. The average molecular weight is 262 g/mol. The molecule has 2 aliphatic rings. The first-order chi connectivity index (χ1) is 9.17. The maximum absolute atomic E-state index is 11.8. The van der Waals surface area contributed by atoms with Gasteiger partial charge in [-0.05, 0) is 42.5 Å². The molecular weight excluding hydrogens is 244 g/mol. The van der Waals surface area contributed by atoms with Gasteiger partial charge in [0.1, 0.15) is 0 Å². The third-order valence-electron chi connectivity index (χ3n) is 4.36. The van der Waals surface area contributed by atoms with Crippen LogP contribution in [0.25, 0.3) is 0 Å². The van der Waals surface area contributed by atoms with E-state index in [2.05, 4.69) is 0 Å². The van der Waals surface area contributed by atoms with E-state index in [1.54, 1.807) is 0 Å². The molecule has 1 aliphatic heterocycles. The van der Waals surface area contributed by atoms with E-state index in [-0.39, 0.29) is 6.79 Å². The van der Waals surface area contributed by atoms with Crippen LogP contribution in [0.15, 0.2) is 12.1 Å². The van der Waals surface area contributed by atoms with Gasteiger partial charge >= 0.3 is 5.97 Å². The lowest BCUT2D eigenvalue weighted by Crippen LogP contribution is -2.33. The van der Waals surface area contributed by atoms with Gasteiger partial charge in [0.2, 0.25) is 6.79 Å². The highest BCUT2D eigenvalue weighted by molar-refractivity contribution is 5.83. The molecule has 4 nitrogen and oxygen atoms in total. The van der Waals surface area contributed by atoms with Gasteiger partial charge in [-0.1, -0.05) is 19.8 Å². The highest BCUT2D eigenvalue weighted by atomic mass is 16.7. The van der Waals surface area contributed by atoms with Crippen LogP contribution in [0, 0.1) is 0 Å². The van der Waals surface area contributed by atoms with Crippen LogP contribution in [-0.2, 0) is 16.6 Å². The average Bonchev–Trinajstić information content (AvgIpc) is 3.06. The molecule has 0 bridgehead atoms. The van der Waals surface area contributed by atoms with Crippen LogP contribution in [0.4, 0.5) is 0 Å². The number of ether oxygens (including phenoxy) is 2. The minimum absolute atomic E-state index is 0.224. The number of fused-ring (bicyclic) bond motifs is 1. The van der Waals surface area contributed by atoms with Gasteiger partial charge in [0.15, 0.2) is 11.5 Å². The summed E-state index contributed by atoms with van der Waals surface area (Å²) in [5, 5.41) is 9.71. The Labute approximate surface area is 112 Å². The van der Waals surface area contributed by atoms with Crippen molar-refractivity contribution >= 4 is 5.97 Å². The van der Waals surface area contributed by atoms with Crippen molar-refractivity contribution < 1.29 is 19.4 Å². The number of rotatable bonds is 3. The lowest BCUT2D eigenvalue weighted by molar-refractivity contribution is -0.143. The summed E-state index contributed by atoms with van der Waals surface area (Å²) >= 11 is 0. The molecule has 1 heterocycles. The quantitative estimate of drug-likeness (QED) is 0.910. The van der Waals surface area contributed by atoms with Gasteiger partial charge in [0, 0.05) is 0 Å². The van der Waals surface area contributed by atoms with Crippen LogP contribution in [-0.4, -0.2) is 17.9 Å². The molecule has 0 spiro atoms. The number of hydrogen-bond acceptors (Lipinski definition) is 3. The second kappa shape index (κ2) is 4.44. The van der Waals surface area contributed by atoms with Gasteiger partial charge in [0.05, 0.1) is 5.41 Å². The van der Waals surface area contributed by atoms with Crippen LogP contribution < -0.4 is 9.47 Å². The van der Waals surface area contributed by atoms with Gasteiger partial charge in [0.25, 0.3) is 0 Å². The molecule has 19 heavy (non-hydrogen) atoms. The van der Waals surface area contributed by atoms with E-state index in [4.69, 9.17) is 9.47 Å². The van der Waals surface area contributed by atoms with Crippen LogP contribution >= 0.6 is 0 Å². The third-order valence-corrected chi connectivity index (χ3v) is 4.36. The van der Waals surface area contributed by atoms with Crippen LogP contribution in [0.1, 0.15) is 43.7 Å². The predicted molar refractivity (Wildman–Crippen MR) is 69.7 cm³/mol. The standard InChI is InChI=1S/C15H18O4/c1-2-10-7-12-13(19-9-18-12)8-11(10)15(14(16)17)5-3-4-6-15/h7-8H,2-6,9H2,1H3,(H,16,17). The van der Waals surface area contributed by atoms with Crippen molar-refractivity contribution in [3.05, 3.63) is 23.3 Å². The molecule has 1 aromatic carbocycles. The van der Waals surface area contributed by atoms with Crippen LogP contribution in [0.2, 0.25) is 0 Å². The number of hydrogen-bond donors (Lipinski definition) is 1. The van der Waals surface area contributed by atoms with Crippen molar-refractivity contribution in [3.63, 3.8) is 0 Å². The van der Waals surface area contributed by atoms with E-state index in [1.165, 1.54) is 0 Å². The second-order valence-electron chi connectivity index (χ2n) is 5.31. The highest BCUT2D eigenvalue weighted by Crippen LogP contribution is 2.46. The first-order valence-corrected chi connectivity index (χ1v) is 6.84. The van der Waals surface area contributed by atoms with Gasteiger partial charge < -0.3 is 14.6 Å².